The number of aryl methyl sites for hydroxylation is 2. The number of hydrogen-bond donors (Lipinski definition) is 2. The summed E-state index contributed by atoms with van der Waals surface area (Å²) >= 11 is 1.36. The van der Waals surface area contributed by atoms with Gasteiger partial charge in [0.2, 0.25) is 0 Å². The molecule has 2 N–H and O–H groups in total. The lowest BCUT2D eigenvalue weighted by molar-refractivity contribution is 0.0719. The van der Waals surface area contributed by atoms with Crippen molar-refractivity contribution in [1.29, 1.82) is 0 Å². The molecule has 10 nitrogen and oxygen atoms in total. The largest absolute Gasteiger partial charge is 0.348 e. The third kappa shape index (κ3) is 3.64. The number of anilines is 2. The average Bonchev–Trinajstić information content (AvgIpc) is 3.82. The number of carbonyl (C=O) groups excluding carboxylic acids is 2. The van der Waals surface area contributed by atoms with Gasteiger partial charge in [0.05, 0.1) is 11.8 Å². The number of amides is 2. The first-order valence-corrected chi connectivity index (χ1v) is 13.6. The first-order valence-electron chi connectivity index (χ1n) is 12.7. The molecule has 0 aromatic carbocycles. The second-order valence-corrected chi connectivity index (χ2v) is 11.0. The summed E-state index contributed by atoms with van der Waals surface area (Å²) in [5.74, 6) is 0.526. The van der Waals surface area contributed by atoms with Crippen LogP contribution in [0.5, 0.6) is 0 Å². The van der Waals surface area contributed by atoms with E-state index in [1.54, 1.807) is 11.7 Å². The Morgan fingerprint density at radius 1 is 1.14 bits per heavy atom. The van der Waals surface area contributed by atoms with Gasteiger partial charge in [-0.05, 0) is 51.5 Å². The van der Waals surface area contributed by atoms with Crippen molar-refractivity contribution in [3.8, 4) is 0 Å². The number of nitrogens with zero attached hydrogens (tertiary/aromatic N) is 6. The highest BCUT2D eigenvalue weighted by atomic mass is 32.1. The third-order valence-electron chi connectivity index (χ3n) is 7.23. The molecule has 0 radical (unpaired) electrons. The van der Waals surface area contributed by atoms with E-state index >= 15 is 0 Å². The number of imidazole rings is 1. The van der Waals surface area contributed by atoms with Crippen molar-refractivity contribution >= 4 is 56.2 Å². The second kappa shape index (κ2) is 8.02. The minimum Gasteiger partial charge on any atom is -0.348 e. The molecule has 0 saturated heterocycles. The van der Waals surface area contributed by atoms with E-state index in [1.807, 2.05) is 29.2 Å². The SMILES string of the molecule is CCn1c(C(=O)N(C2CC2)C2CC2)cc2c3c(ncn3C)c(Nc3nc(C(=O)NC4CC4)cs3)nc21. The van der Waals surface area contributed by atoms with Gasteiger partial charge in [0.25, 0.3) is 11.8 Å². The fraction of sp³-hybridized carbons (Fsp3) is 0.480. The monoisotopic (exact) mass is 504 g/mol. The normalized spacial score (nSPS) is 17.6. The molecule has 0 aliphatic heterocycles. The van der Waals surface area contributed by atoms with Crippen LogP contribution in [-0.2, 0) is 13.6 Å². The number of aromatic nitrogens is 5. The number of fused-ring (bicyclic) bond motifs is 3. The lowest BCUT2D eigenvalue weighted by atomic mass is 10.2. The van der Waals surface area contributed by atoms with Gasteiger partial charge >= 0.3 is 0 Å². The summed E-state index contributed by atoms with van der Waals surface area (Å²) in [5, 5.41) is 9.52. The van der Waals surface area contributed by atoms with Gasteiger partial charge in [0, 0.05) is 42.5 Å². The predicted octanol–water partition coefficient (Wildman–Crippen LogP) is 3.80. The van der Waals surface area contributed by atoms with Crippen molar-refractivity contribution in [3.05, 3.63) is 29.2 Å². The van der Waals surface area contributed by atoms with Crippen molar-refractivity contribution in [2.75, 3.05) is 5.32 Å². The standard InChI is InChI=1S/C25H28N8O2S/c1-3-32-18(24(35)33(14-6-7-14)15-8-9-15)10-16-20-19(26-12-31(20)2)21(29-22(16)32)30-25-28-17(11-36-25)23(34)27-13-4-5-13/h10-15H,3-9H2,1-2H3,(H,27,34)(H,28,29,30). The first-order chi connectivity index (χ1) is 17.5. The Bertz CT molecular complexity index is 1510. The molecule has 4 aromatic heterocycles. The quantitative estimate of drug-likeness (QED) is 0.378. The van der Waals surface area contributed by atoms with E-state index < -0.39 is 0 Å². The molecule has 3 saturated carbocycles. The van der Waals surface area contributed by atoms with Crippen LogP contribution in [0.3, 0.4) is 0 Å². The molecule has 3 aliphatic rings. The third-order valence-corrected chi connectivity index (χ3v) is 7.99. The number of pyridine rings is 1. The van der Waals surface area contributed by atoms with Gasteiger partial charge in [-0.3, -0.25) is 9.59 Å². The van der Waals surface area contributed by atoms with E-state index in [2.05, 4.69) is 25.5 Å². The molecule has 11 heteroatoms. The van der Waals surface area contributed by atoms with Crippen LogP contribution in [0.2, 0.25) is 0 Å². The molecule has 36 heavy (non-hydrogen) atoms. The zero-order valence-electron chi connectivity index (χ0n) is 20.3. The minimum atomic E-state index is -0.146. The fourth-order valence-corrected chi connectivity index (χ4v) is 5.68. The molecular formula is C25H28N8O2S. The molecule has 3 fully saturated rings. The highest BCUT2D eigenvalue weighted by Crippen LogP contribution is 2.40. The second-order valence-electron chi connectivity index (χ2n) is 10.1. The number of rotatable bonds is 8. The van der Waals surface area contributed by atoms with Gasteiger partial charge in [-0.1, -0.05) is 0 Å². The maximum atomic E-state index is 13.7. The molecule has 2 amide bonds. The van der Waals surface area contributed by atoms with Crippen molar-refractivity contribution in [2.24, 2.45) is 7.05 Å². The minimum absolute atomic E-state index is 0.107. The highest BCUT2D eigenvalue weighted by molar-refractivity contribution is 7.14. The number of carbonyl (C=O) groups is 2. The van der Waals surface area contributed by atoms with Crippen molar-refractivity contribution in [3.63, 3.8) is 0 Å². The van der Waals surface area contributed by atoms with E-state index in [1.165, 1.54) is 11.3 Å². The summed E-state index contributed by atoms with van der Waals surface area (Å²) in [7, 11) is 1.95. The van der Waals surface area contributed by atoms with Crippen LogP contribution in [0, 0.1) is 0 Å². The summed E-state index contributed by atoms with van der Waals surface area (Å²) in [6.07, 6.45) is 8.22. The van der Waals surface area contributed by atoms with Crippen LogP contribution in [0.25, 0.3) is 22.1 Å². The Morgan fingerprint density at radius 2 is 1.89 bits per heavy atom. The zero-order valence-corrected chi connectivity index (χ0v) is 21.1. The molecular weight excluding hydrogens is 476 g/mol. The van der Waals surface area contributed by atoms with Gasteiger partial charge in [0.1, 0.15) is 22.6 Å². The van der Waals surface area contributed by atoms with E-state index in [4.69, 9.17) is 4.98 Å². The van der Waals surface area contributed by atoms with Crippen LogP contribution in [0.4, 0.5) is 10.9 Å². The number of hydrogen-bond acceptors (Lipinski definition) is 7. The summed E-state index contributed by atoms with van der Waals surface area (Å²) < 4.78 is 3.98. The van der Waals surface area contributed by atoms with E-state index in [9.17, 15) is 9.59 Å². The highest BCUT2D eigenvalue weighted by Gasteiger charge is 2.43. The summed E-state index contributed by atoms with van der Waals surface area (Å²) in [6.45, 7) is 2.68. The van der Waals surface area contributed by atoms with Crippen LogP contribution < -0.4 is 10.6 Å². The van der Waals surface area contributed by atoms with Gasteiger partial charge in [0.15, 0.2) is 10.9 Å². The lowest BCUT2D eigenvalue weighted by Crippen LogP contribution is -2.36. The smallest absolute Gasteiger partial charge is 0.271 e. The van der Waals surface area contributed by atoms with Crippen LogP contribution in [0.1, 0.15) is 66.4 Å². The van der Waals surface area contributed by atoms with E-state index in [0.29, 0.717) is 46.5 Å². The molecule has 186 valence electrons. The van der Waals surface area contributed by atoms with E-state index in [0.717, 1.165) is 55.1 Å². The fourth-order valence-electron chi connectivity index (χ4n) is 4.99. The lowest BCUT2D eigenvalue weighted by Gasteiger charge is -2.22. The molecule has 7 rings (SSSR count). The van der Waals surface area contributed by atoms with Gasteiger partial charge < -0.3 is 24.7 Å². The molecule has 0 unspecified atom stereocenters. The topological polar surface area (TPSA) is 110 Å². The van der Waals surface area contributed by atoms with Crippen molar-refractivity contribution in [2.45, 2.75) is 70.1 Å². The van der Waals surface area contributed by atoms with Gasteiger partial charge in [-0.15, -0.1) is 11.3 Å². The molecule has 4 heterocycles. The van der Waals surface area contributed by atoms with Gasteiger partial charge in [-0.25, -0.2) is 15.0 Å². The maximum Gasteiger partial charge on any atom is 0.271 e. The van der Waals surface area contributed by atoms with Crippen molar-refractivity contribution < 1.29 is 9.59 Å². The van der Waals surface area contributed by atoms with Crippen LogP contribution in [-0.4, -0.2) is 58.9 Å². The Kier molecular flexibility index (Phi) is 4.85. The van der Waals surface area contributed by atoms with E-state index in [-0.39, 0.29) is 17.9 Å². The predicted molar refractivity (Wildman–Crippen MR) is 138 cm³/mol. The Balaban J connectivity index is 1.29. The summed E-state index contributed by atoms with van der Waals surface area (Å²) in [6, 6.07) is 3.03. The Hall–Kier alpha value is -3.47. The van der Waals surface area contributed by atoms with Crippen LogP contribution in [0.15, 0.2) is 17.8 Å². The summed E-state index contributed by atoms with van der Waals surface area (Å²) in [5.41, 5.74) is 3.45. The molecule has 0 bridgehead atoms. The molecule has 0 spiro atoms. The molecule has 3 aliphatic carbocycles. The Labute approximate surface area is 211 Å². The zero-order chi connectivity index (χ0) is 24.6. The molecule has 4 aromatic rings. The maximum absolute atomic E-state index is 13.7. The summed E-state index contributed by atoms with van der Waals surface area (Å²) in [4.78, 5) is 42.3. The van der Waals surface area contributed by atoms with Gasteiger partial charge in [-0.2, -0.15) is 0 Å². The number of thiazole rings is 1. The first kappa shape index (κ1) is 21.8. The molecule has 0 atom stereocenters. The van der Waals surface area contributed by atoms with Crippen LogP contribution >= 0.6 is 11.3 Å². The number of nitrogens with one attached hydrogen (secondary N) is 2. The Morgan fingerprint density at radius 3 is 2.56 bits per heavy atom. The van der Waals surface area contributed by atoms with Crippen molar-refractivity contribution in [1.82, 2.24) is 34.3 Å². The average molecular weight is 505 g/mol.